The van der Waals surface area contributed by atoms with Gasteiger partial charge in [-0.25, -0.2) is 4.98 Å². The zero-order valence-electron chi connectivity index (χ0n) is 13.8. The third-order valence-corrected chi connectivity index (χ3v) is 4.61. The van der Waals surface area contributed by atoms with Crippen molar-refractivity contribution in [2.24, 2.45) is 0 Å². The number of aromatic nitrogens is 3. The Balaban J connectivity index is 1.43. The van der Waals surface area contributed by atoms with E-state index in [0.717, 1.165) is 45.6 Å². The molecule has 7 heteroatoms. The minimum Gasteiger partial charge on any atom is -0.375 e. The average molecular weight is 321 g/mol. The van der Waals surface area contributed by atoms with Crippen LogP contribution in [0.2, 0.25) is 0 Å². The van der Waals surface area contributed by atoms with E-state index in [1.807, 2.05) is 4.90 Å². The number of likely N-dealkylation sites (tertiary alicyclic amines) is 1. The SMILES string of the molecule is O=C(CCCn1cncn1)N1CCCO[C@H](CN2CCCC2)C1. The van der Waals surface area contributed by atoms with E-state index in [9.17, 15) is 4.79 Å². The van der Waals surface area contributed by atoms with Crippen molar-refractivity contribution in [2.75, 3.05) is 39.3 Å². The van der Waals surface area contributed by atoms with Gasteiger partial charge in [0.25, 0.3) is 0 Å². The maximum atomic E-state index is 12.5. The van der Waals surface area contributed by atoms with E-state index in [0.29, 0.717) is 6.42 Å². The van der Waals surface area contributed by atoms with Gasteiger partial charge in [0, 0.05) is 39.2 Å². The Morgan fingerprint density at radius 2 is 2.09 bits per heavy atom. The summed E-state index contributed by atoms with van der Waals surface area (Å²) in [5.41, 5.74) is 0. The molecule has 3 rings (SSSR count). The minimum absolute atomic E-state index is 0.162. The number of amides is 1. The summed E-state index contributed by atoms with van der Waals surface area (Å²) in [4.78, 5) is 20.8. The molecule has 2 fully saturated rings. The molecule has 2 aliphatic heterocycles. The molecule has 3 heterocycles. The van der Waals surface area contributed by atoms with Gasteiger partial charge in [0.2, 0.25) is 5.91 Å². The monoisotopic (exact) mass is 321 g/mol. The molecule has 0 saturated carbocycles. The van der Waals surface area contributed by atoms with Crippen LogP contribution in [0.3, 0.4) is 0 Å². The lowest BCUT2D eigenvalue weighted by atomic mass is 10.2. The molecule has 1 aromatic heterocycles. The molecule has 2 saturated heterocycles. The maximum absolute atomic E-state index is 12.5. The summed E-state index contributed by atoms with van der Waals surface area (Å²) >= 11 is 0. The first-order chi connectivity index (χ1) is 11.3. The topological polar surface area (TPSA) is 63.5 Å². The van der Waals surface area contributed by atoms with Crippen molar-refractivity contribution in [3.63, 3.8) is 0 Å². The van der Waals surface area contributed by atoms with Crippen LogP contribution in [0.1, 0.15) is 32.1 Å². The highest BCUT2D eigenvalue weighted by Crippen LogP contribution is 2.13. The third-order valence-electron chi connectivity index (χ3n) is 4.61. The van der Waals surface area contributed by atoms with Crippen molar-refractivity contribution < 1.29 is 9.53 Å². The second kappa shape index (κ2) is 8.40. The van der Waals surface area contributed by atoms with Gasteiger partial charge in [-0.1, -0.05) is 0 Å². The van der Waals surface area contributed by atoms with Gasteiger partial charge in [-0.3, -0.25) is 9.48 Å². The molecule has 1 amide bonds. The number of hydrogen-bond donors (Lipinski definition) is 0. The van der Waals surface area contributed by atoms with Crippen molar-refractivity contribution in [2.45, 2.75) is 44.8 Å². The fraction of sp³-hybridized carbons (Fsp3) is 0.812. The molecule has 7 nitrogen and oxygen atoms in total. The van der Waals surface area contributed by atoms with Crippen LogP contribution < -0.4 is 0 Å². The Hall–Kier alpha value is -1.47. The van der Waals surface area contributed by atoms with Crippen LogP contribution in [-0.4, -0.2) is 75.9 Å². The van der Waals surface area contributed by atoms with Crippen LogP contribution in [0.4, 0.5) is 0 Å². The molecule has 1 aromatic rings. The van der Waals surface area contributed by atoms with Crippen molar-refractivity contribution in [1.29, 1.82) is 0 Å². The Bertz CT molecular complexity index is 473. The van der Waals surface area contributed by atoms with Crippen LogP contribution >= 0.6 is 0 Å². The molecule has 128 valence electrons. The summed E-state index contributed by atoms with van der Waals surface area (Å²) in [5.74, 6) is 0.238. The summed E-state index contributed by atoms with van der Waals surface area (Å²) in [6.45, 7) is 6.37. The van der Waals surface area contributed by atoms with Crippen LogP contribution in [0.5, 0.6) is 0 Å². The number of hydrogen-bond acceptors (Lipinski definition) is 5. The average Bonchev–Trinajstić information content (AvgIpc) is 3.19. The predicted molar refractivity (Wildman–Crippen MR) is 85.9 cm³/mol. The first-order valence-electron chi connectivity index (χ1n) is 8.75. The van der Waals surface area contributed by atoms with Crippen LogP contribution in [0, 0.1) is 0 Å². The lowest BCUT2D eigenvalue weighted by molar-refractivity contribution is -0.132. The number of nitrogens with zero attached hydrogens (tertiary/aromatic N) is 5. The third kappa shape index (κ3) is 5.00. The second-order valence-electron chi connectivity index (χ2n) is 6.46. The van der Waals surface area contributed by atoms with E-state index in [2.05, 4.69) is 15.0 Å². The van der Waals surface area contributed by atoms with Crippen molar-refractivity contribution >= 4 is 5.91 Å². The van der Waals surface area contributed by atoms with Gasteiger partial charge < -0.3 is 14.5 Å². The predicted octanol–water partition coefficient (Wildman–Crippen LogP) is 0.772. The summed E-state index contributed by atoms with van der Waals surface area (Å²) in [5, 5.41) is 4.07. The number of ether oxygens (including phenoxy) is 1. The molecule has 2 aliphatic rings. The first-order valence-corrected chi connectivity index (χ1v) is 8.75. The van der Waals surface area contributed by atoms with Gasteiger partial charge in [-0.05, 0) is 38.8 Å². The van der Waals surface area contributed by atoms with E-state index < -0.39 is 0 Å². The fourth-order valence-corrected chi connectivity index (χ4v) is 3.38. The van der Waals surface area contributed by atoms with Gasteiger partial charge in [0.05, 0.1) is 6.10 Å². The summed E-state index contributed by atoms with van der Waals surface area (Å²) in [6.07, 6.45) is 8.26. The summed E-state index contributed by atoms with van der Waals surface area (Å²) in [7, 11) is 0. The molecular weight excluding hydrogens is 294 g/mol. The summed E-state index contributed by atoms with van der Waals surface area (Å²) in [6, 6.07) is 0. The Kier molecular flexibility index (Phi) is 5.99. The molecule has 0 aliphatic carbocycles. The lowest BCUT2D eigenvalue weighted by Gasteiger charge is -2.27. The fourth-order valence-electron chi connectivity index (χ4n) is 3.38. The summed E-state index contributed by atoms with van der Waals surface area (Å²) < 4.78 is 7.72. The molecule has 0 aromatic carbocycles. The van der Waals surface area contributed by atoms with Gasteiger partial charge in [0.15, 0.2) is 0 Å². The van der Waals surface area contributed by atoms with E-state index in [-0.39, 0.29) is 12.0 Å². The standard InChI is InChI=1S/C16H27N5O2/c22-16(5-3-9-21-14-17-13-18-21)20-8-4-10-23-15(12-20)11-19-6-1-2-7-19/h13-15H,1-12H2/t15-/m1/s1. The number of carbonyl (C=O) groups excluding carboxylic acids is 1. The van der Waals surface area contributed by atoms with Gasteiger partial charge in [-0.15, -0.1) is 0 Å². The highest BCUT2D eigenvalue weighted by Gasteiger charge is 2.25. The molecule has 0 unspecified atom stereocenters. The number of aryl methyl sites for hydroxylation is 1. The molecule has 0 bridgehead atoms. The minimum atomic E-state index is 0.162. The largest absolute Gasteiger partial charge is 0.375 e. The zero-order valence-corrected chi connectivity index (χ0v) is 13.8. The molecular formula is C16H27N5O2. The molecule has 1 atom stereocenters. The molecule has 23 heavy (non-hydrogen) atoms. The van der Waals surface area contributed by atoms with Crippen LogP contribution in [-0.2, 0) is 16.1 Å². The Labute approximate surface area is 137 Å². The Morgan fingerprint density at radius 3 is 2.87 bits per heavy atom. The van der Waals surface area contributed by atoms with Crippen molar-refractivity contribution in [3.8, 4) is 0 Å². The van der Waals surface area contributed by atoms with Gasteiger partial charge in [0.1, 0.15) is 12.7 Å². The maximum Gasteiger partial charge on any atom is 0.222 e. The molecule has 0 radical (unpaired) electrons. The Morgan fingerprint density at radius 1 is 1.22 bits per heavy atom. The number of rotatable bonds is 6. The normalized spacial score (nSPS) is 23.1. The van der Waals surface area contributed by atoms with Crippen molar-refractivity contribution in [3.05, 3.63) is 12.7 Å². The number of carbonyl (C=O) groups is 1. The van der Waals surface area contributed by atoms with Crippen LogP contribution in [0.15, 0.2) is 12.7 Å². The van der Waals surface area contributed by atoms with E-state index in [4.69, 9.17) is 4.74 Å². The van der Waals surface area contributed by atoms with Crippen LogP contribution in [0.25, 0.3) is 0 Å². The quantitative estimate of drug-likeness (QED) is 0.774. The van der Waals surface area contributed by atoms with Crippen molar-refractivity contribution in [1.82, 2.24) is 24.6 Å². The first kappa shape index (κ1) is 16.4. The second-order valence-corrected chi connectivity index (χ2v) is 6.46. The lowest BCUT2D eigenvalue weighted by Crippen LogP contribution is -2.41. The zero-order chi connectivity index (χ0) is 15.9. The smallest absolute Gasteiger partial charge is 0.222 e. The molecule has 0 spiro atoms. The van der Waals surface area contributed by atoms with Gasteiger partial charge >= 0.3 is 0 Å². The molecule has 0 N–H and O–H groups in total. The van der Waals surface area contributed by atoms with E-state index in [1.54, 1.807) is 11.0 Å². The van der Waals surface area contributed by atoms with Gasteiger partial charge in [-0.2, -0.15) is 5.10 Å². The van der Waals surface area contributed by atoms with E-state index in [1.165, 1.54) is 32.3 Å². The highest BCUT2D eigenvalue weighted by atomic mass is 16.5. The highest BCUT2D eigenvalue weighted by molar-refractivity contribution is 5.76. The van der Waals surface area contributed by atoms with E-state index >= 15 is 0 Å².